The summed E-state index contributed by atoms with van der Waals surface area (Å²) in [4.78, 5) is 33.6. The summed E-state index contributed by atoms with van der Waals surface area (Å²) in [6, 6.07) is 7.83. The van der Waals surface area contributed by atoms with Crippen molar-refractivity contribution in [2.75, 3.05) is 12.3 Å². The Labute approximate surface area is 175 Å². The highest BCUT2D eigenvalue weighted by molar-refractivity contribution is 5.76. The van der Waals surface area contributed by atoms with Gasteiger partial charge in [0.05, 0.1) is 5.69 Å². The molecule has 1 aromatic carbocycles. The summed E-state index contributed by atoms with van der Waals surface area (Å²) < 4.78 is 10.8. The number of nitrogens with one attached hydrogen (secondary N) is 1. The fourth-order valence-corrected chi connectivity index (χ4v) is 2.24. The van der Waals surface area contributed by atoms with Gasteiger partial charge in [-0.2, -0.15) is 5.10 Å². The van der Waals surface area contributed by atoms with Gasteiger partial charge in [0.2, 0.25) is 0 Å². The highest BCUT2D eigenvalue weighted by Gasteiger charge is 2.17. The number of nitrogen functional groups attached to an aromatic ring is 1. The SMILES string of the molecule is CC(=O)CC(COc1ccc(N)cc1-c1ccc(=O)[nH]n1)OC(C)=O.CC(C)(C)N. The van der Waals surface area contributed by atoms with Crippen LogP contribution in [-0.4, -0.2) is 40.2 Å². The first-order valence-electron chi connectivity index (χ1n) is 9.39. The lowest BCUT2D eigenvalue weighted by Gasteiger charge is -2.18. The number of nitrogens with two attached hydrogens (primary N) is 2. The van der Waals surface area contributed by atoms with Gasteiger partial charge in [-0.25, -0.2) is 5.10 Å². The van der Waals surface area contributed by atoms with E-state index in [1.54, 1.807) is 24.3 Å². The molecule has 1 aromatic heterocycles. The van der Waals surface area contributed by atoms with E-state index in [9.17, 15) is 14.4 Å². The van der Waals surface area contributed by atoms with Gasteiger partial charge in [-0.3, -0.25) is 14.4 Å². The van der Waals surface area contributed by atoms with E-state index in [1.807, 2.05) is 20.8 Å². The van der Waals surface area contributed by atoms with Crippen LogP contribution in [0, 0.1) is 0 Å². The maximum Gasteiger partial charge on any atom is 0.303 e. The molecule has 0 fully saturated rings. The predicted octanol–water partition coefficient (Wildman–Crippen LogP) is 2.05. The molecule has 1 unspecified atom stereocenters. The summed E-state index contributed by atoms with van der Waals surface area (Å²) in [5.74, 6) is -0.168. The number of carbonyl (C=O) groups is 2. The predicted molar refractivity (Wildman–Crippen MR) is 115 cm³/mol. The second-order valence-electron chi connectivity index (χ2n) is 7.88. The number of aromatic amines is 1. The number of H-pyrrole nitrogens is 1. The van der Waals surface area contributed by atoms with Gasteiger partial charge in [-0.15, -0.1) is 0 Å². The summed E-state index contributed by atoms with van der Waals surface area (Å²) in [5, 5.41) is 6.31. The number of benzene rings is 1. The normalized spacial score (nSPS) is 11.7. The molecule has 2 rings (SSSR count). The van der Waals surface area contributed by atoms with Crippen molar-refractivity contribution < 1.29 is 19.1 Å². The number of nitrogens with zero attached hydrogens (tertiary/aromatic N) is 1. The van der Waals surface area contributed by atoms with Gasteiger partial charge in [0.15, 0.2) is 0 Å². The van der Waals surface area contributed by atoms with Gasteiger partial charge in [0, 0.05) is 36.2 Å². The van der Waals surface area contributed by atoms with Crippen molar-refractivity contribution in [1.29, 1.82) is 0 Å². The average molecular weight is 418 g/mol. The molecule has 1 heterocycles. The Morgan fingerprint density at radius 3 is 2.30 bits per heavy atom. The second-order valence-corrected chi connectivity index (χ2v) is 7.88. The summed E-state index contributed by atoms with van der Waals surface area (Å²) in [5.41, 5.74) is 12.4. The lowest BCUT2D eigenvalue weighted by Crippen LogP contribution is -2.26. The summed E-state index contributed by atoms with van der Waals surface area (Å²) in [6.07, 6.45) is -0.634. The van der Waals surface area contributed by atoms with E-state index >= 15 is 0 Å². The highest BCUT2D eigenvalue weighted by Crippen LogP contribution is 2.30. The number of Topliss-reactive ketones (excluding diaryl/α,β-unsaturated/α-hetero) is 1. The Morgan fingerprint density at radius 1 is 1.17 bits per heavy atom. The van der Waals surface area contributed by atoms with E-state index in [0.29, 0.717) is 22.7 Å². The molecule has 1 atom stereocenters. The quantitative estimate of drug-likeness (QED) is 0.456. The Hall–Kier alpha value is -3.20. The topological polar surface area (TPSA) is 150 Å². The zero-order chi connectivity index (χ0) is 22.9. The van der Waals surface area contributed by atoms with Gasteiger partial charge < -0.3 is 20.9 Å². The van der Waals surface area contributed by atoms with E-state index in [0.717, 1.165) is 0 Å². The first-order chi connectivity index (χ1) is 13.8. The van der Waals surface area contributed by atoms with Gasteiger partial charge in [-0.1, -0.05) is 0 Å². The van der Waals surface area contributed by atoms with E-state index in [2.05, 4.69) is 10.2 Å². The van der Waals surface area contributed by atoms with Crippen molar-refractivity contribution in [1.82, 2.24) is 10.2 Å². The summed E-state index contributed by atoms with van der Waals surface area (Å²) >= 11 is 0. The smallest absolute Gasteiger partial charge is 0.303 e. The number of ketones is 1. The van der Waals surface area contributed by atoms with Crippen molar-refractivity contribution in [3.8, 4) is 17.0 Å². The number of anilines is 1. The van der Waals surface area contributed by atoms with Crippen LogP contribution in [0.1, 0.15) is 41.0 Å². The molecule has 5 N–H and O–H groups in total. The summed E-state index contributed by atoms with van der Waals surface area (Å²) in [7, 11) is 0. The molecule has 9 nitrogen and oxygen atoms in total. The van der Waals surface area contributed by atoms with Crippen molar-refractivity contribution in [2.24, 2.45) is 5.73 Å². The number of esters is 1. The molecular weight excluding hydrogens is 388 g/mol. The van der Waals surface area contributed by atoms with Gasteiger partial charge >= 0.3 is 5.97 Å². The fourth-order valence-electron chi connectivity index (χ4n) is 2.24. The van der Waals surface area contributed by atoms with Crippen LogP contribution in [0.2, 0.25) is 0 Å². The third-order valence-electron chi connectivity index (χ3n) is 3.23. The van der Waals surface area contributed by atoms with Gasteiger partial charge in [-0.05, 0) is 52.0 Å². The van der Waals surface area contributed by atoms with E-state index in [-0.39, 0.29) is 29.9 Å². The maximum atomic E-state index is 11.3. The van der Waals surface area contributed by atoms with Crippen LogP contribution in [0.15, 0.2) is 35.1 Å². The van der Waals surface area contributed by atoms with Crippen LogP contribution in [-0.2, 0) is 14.3 Å². The van der Waals surface area contributed by atoms with Crippen LogP contribution in [0.25, 0.3) is 11.3 Å². The first kappa shape index (κ1) is 24.8. The Bertz CT molecular complexity index is 876. The number of ether oxygens (including phenoxy) is 2. The van der Waals surface area contributed by atoms with E-state index < -0.39 is 12.1 Å². The Balaban J connectivity index is 0.000000804. The number of carbonyl (C=O) groups excluding carboxylic acids is 2. The molecule has 0 aliphatic heterocycles. The molecule has 0 aliphatic rings. The first-order valence-corrected chi connectivity index (χ1v) is 9.39. The zero-order valence-corrected chi connectivity index (χ0v) is 18.0. The fraction of sp³-hybridized carbons (Fsp3) is 0.429. The van der Waals surface area contributed by atoms with Crippen molar-refractivity contribution in [2.45, 2.75) is 52.7 Å². The molecule has 0 saturated heterocycles. The minimum Gasteiger partial charge on any atom is -0.489 e. The monoisotopic (exact) mass is 418 g/mol. The number of hydrogen-bond donors (Lipinski definition) is 3. The van der Waals surface area contributed by atoms with Crippen molar-refractivity contribution >= 4 is 17.4 Å². The highest BCUT2D eigenvalue weighted by atomic mass is 16.6. The largest absolute Gasteiger partial charge is 0.489 e. The molecule has 164 valence electrons. The molecule has 0 aliphatic carbocycles. The maximum absolute atomic E-state index is 11.3. The standard InChI is InChI=1S/C17H19N3O5.C4H11N/c1-10(21)7-13(25-11(2)22)9-24-16-5-3-12(18)8-14(16)15-4-6-17(23)20-19-15;1-4(2,3)5/h3-6,8,13H,7,9,18H2,1-2H3,(H,20,23);5H2,1-3H3. The molecule has 0 bridgehead atoms. The Morgan fingerprint density at radius 2 is 1.80 bits per heavy atom. The molecule has 2 aromatic rings. The van der Waals surface area contributed by atoms with Crippen LogP contribution in [0.4, 0.5) is 5.69 Å². The molecule has 0 radical (unpaired) electrons. The molecule has 0 saturated carbocycles. The zero-order valence-electron chi connectivity index (χ0n) is 18.0. The molecular formula is C21H30N4O5. The lowest BCUT2D eigenvalue weighted by molar-refractivity contribution is -0.149. The van der Waals surface area contributed by atoms with E-state index in [1.165, 1.54) is 19.9 Å². The summed E-state index contributed by atoms with van der Waals surface area (Å²) in [6.45, 7) is 8.58. The lowest BCUT2D eigenvalue weighted by atomic mass is 10.1. The van der Waals surface area contributed by atoms with E-state index in [4.69, 9.17) is 20.9 Å². The Kier molecular flexibility index (Phi) is 9.19. The van der Waals surface area contributed by atoms with Crippen LogP contribution >= 0.6 is 0 Å². The van der Waals surface area contributed by atoms with Crippen LogP contribution in [0.5, 0.6) is 5.75 Å². The van der Waals surface area contributed by atoms with Gasteiger partial charge in [0.25, 0.3) is 5.56 Å². The second kappa shape index (κ2) is 11.1. The minimum atomic E-state index is -0.691. The average Bonchev–Trinajstić information content (AvgIpc) is 2.58. The molecule has 0 amide bonds. The molecule has 9 heteroatoms. The number of rotatable bonds is 7. The van der Waals surface area contributed by atoms with Crippen molar-refractivity contribution in [3.05, 3.63) is 40.7 Å². The third-order valence-corrected chi connectivity index (χ3v) is 3.23. The molecule has 0 spiro atoms. The molecule has 30 heavy (non-hydrogen) atoms. The number of hydrogen-bond acceptors (Lipinski definition) is 8. The third kappa shape index (κ3) is 10.4. The van der Waals surface area contributed by atoms with Crippen LogP contribution in [0.3, 0.4) is 0 Å². The number of aromatic nitrogens is 2. The van der Waals surface area contributed by atoms with Crippen LogP contribution < -0.4 is 21.8 Å². The minimum absolute atomic E-state index is 0. The van der Waals surface area contributed by atoms with Gasteiger partial charge in [0.1, 0.15) is 24.2 Å². The van der Waals surface area contributed by atoms with Crippen molar-refractivity contribution in [3.63, 3.8) is 0 Å².